The van der Waals surface area contributed by atoms with E-state index >= 15 is 0 Å². The van der Waals surface area contributed by atoms with Crippen LogP contribution >= 0.6 is 0 Å². The van der Waals surface area contributed by atoms with Gasteiger partial charge in [-0.2, -0.15) is 5.10 Å². The standard InChI is InChI=1S/C27H35N5O3/c1-7-34-24-14-13-21(17-25(24)35-8-2)26(33)30-27(29-23-12-10-9-11-18(23)3)28-16-15-22-19(4)31-32(6)20(22)5/h9-14,17H,7-8,15-16H2,1-6H3,(H2,28,29,30,33). The maximum absolute atomic E-state index is 13.2. The van der Waals surface area contributed by atoms with E-state index in [1.54, 1.807) is 18.2 Å². The second-order valence-electron chi connectivity index (χ2n) is 8.17. The molecule has 3 aromatic rings. The molecule has 3 rings (SSSR count). The number of guanidine groups is 1. The Morgan fingerprint density at radius 2 is 1.74 bits per heavy atom. The fourth-order valence-corrected chi connectivity index (χ4v) is 3.78. The number of carbonyl (C=O) groups is 1. The summed E-state index contributed by atoms with van der Waals surface area (Å²) in [5, 5.41) is 10.7. The van der Waals surface area contributed by atoms with E-state index in [1.165, 1.54) is 5.56 Å². The van der Waals surface area contributed by atoms with Crippen molar-refractivity contribution < 1.29 is 14.3 Å². The fourth-order valence-electron chi connectivity index (χ4n) is 3.78. The zero-order valence-corrected chi connectivity index (χ0v) is 21.4. The van der Waals surface area contributed by atoms with Crippen molar-refractivity contribution in [2.45, 2.75) is 41.0 Å². The van der Waals surface area contributed by atoms with Gasteiger partial charge in [0, 0.05) is 30.5 Å². The van der Waals surface area contributed by atoms with Crippen LogP contribution in [0.2, 0.25) is 0 Å². The smallest absolute Gasteiger partial charge is 0.258 e. The minimum atomic E-state index is -0.289. The maximum atomic E-state index is 13.2. The van der Waals surface area contributed by atoms with Crippen molar-refractivity contribution in [3.63, 3.8) is 0 Å². The van der Waals surface area contributed by atoms with Crippen molar-refractivity contribution in [3.8, 4) is 11.5 Å². The normalized spacial score (nSPS) is 11.3. The third kappa shape index (κ3) is 6.62. The fraction of sp³-hybridized carbons (Fsp3) is 0.370. The molecule has 1 aromatic heterocycles. The van der Waals surface area contributed by atoms with Gasteiger partial charge in [0.05, 0.1) is 18.9 Å². The third-order valence-electron chi connectivity index (χ3n) is 5.73. The van der Waals surface area contributed by atoms with E-state index in [-0.39, 0.29) is 5.91 Å². The van der Waals surface area contributed by atoms with Gasteiger partial charge in [-0.25, -0.2) is 0 Å². The third-order valence-corrected chi connectivity index (χ3v) is 5.73. The molecular weight excluding hydrogens is 442 g/mol. The van der Waals surface area contributed by atoms with Gasteiger partial charge in [0.25, 0.3) is 5.91 Å². The predicted octanol–water partition coefficient (Wildman–Crippen LogP) is 4.58. The van der Waals surface area contributed by atoms with Crippen molar-refractivity contribution in [3.05, 3.63) is 70.5 Å². The van der Waals surface area contributed by atoms with Gasteiger partial charge < -0.3 is 14.8 Å². The van der Waals surface area contributed by atoms with Crippen molar-refractivity contribution in [1.29, 1.82) is 0 Å². The van der Waals surface area contributed by atoms with Gasteiger partial charge in [-0.05, 0) is 76.4 Å². The number of hydrogen-bond acceptors (Lipinski definition) is 5. The van der Waals surface area contributed by atoms with Crippen molar-refractivity contribution >= 4 is 17.6 Å². The SMILES string of the molecule is CCOc1ccc(C(=O)NC(=NCCc2c(C)nn(C)c2C)Nc2ccccc2C)cc1OCC. The summed E-state index contributed by atoms with van der Waals surface area (Å²) in [5.41, 5.74) is 5.67. The first kappa shape index (κ1) is 25.8. The monoisotopic (exact) mass is 477 g/mol. The molecule has 0 fully saturated rings. The molecule has 0 spiro atoms. The molecule has 0 atom stereocenters. The van der Waals surface area contributed by atoms with Crippen LogP contribution in [-0.4, -0.2) is 41.4 Å². The number of aliphatic imine (C=N–C) groups is 1. The average Bonchev–Trinajstić information content (AvgIpc) is 3.07. The Balaban J connectivity index is 1.83. The average molecular weight is 478 g/mol. The first-order chi connectivity index (χ1) is 16.8. The number of hydrogen-bond donors (Lipinski definition) is 2. The molecule has 0 saturated carbocycles. The van der Waals surface area contributed by atoms with Crippen LogP contribution < -0.4 is 20.1 Å². The molecule has 0 aliphatic rings. The molecule has 2 aromatic carbocycles. The highest BCUT2D eigenvalue weighted by molar-refractivity contribution is 6.10. The highest BCUT2D eigenvalue weighted by atomic mass is 16.5. The van der Waals surface area contributed by atoms with Crippen molar-refractivity contribution in [1.82, 2.24) is 15.1 Å². The zero-order valence-electron chi connectivity index (χ0n) is 21.4. The molecule has 1 amide bonds. The first-order valence-electron chi connectivity index (χ1n) is 11.9. The minimum Gasteiger partial charge on any atom is -0.490 e. The van der Waals surface area contributed by atoms with E-state index in [0.717, 1.165) is 29.1 Å². The molecule has 0 bridgehead atoms. The second kappa shape index (κ2) is 12.1. The Morgan fingerprint density at radius 1 is 1.03 bits per heavy atom. The number of ether oxygens (including phenoxy) is 2. The summed E-state index contributed by atoms with van der Waals surface area (Å²) in [5.74, 6) is 1.24. The van der Waals surface area contributed by atoms with Gasteiger partial charge >= 0.3 is 0 Å². The molecule has 8 heteroatoms. The number of para-hydroxylation sites is 1. The lowest BCUT2D eigenvalue weighted by Gasteiger charge is -2.15. The van der Waals surface area contributed by atoms with Gasteiger partial charge in [-0.15, -0.1) is 0 Å². The van der Waals surface area contributed by atoms with E-state index in [9.17, 15) is 4.79 Å². The molecule has 0 unspecified atom stereocenters. The van der Waals surface area contributed by atoms with Crippen molar-refractivity contribution in [2.24, 2.45) is 12.0 Å². The molecule has 0 saturated heterocycles. The van der Waals surface area contributed by atoms with Gasteiger partial charge in [-0.1, -0.05) is 18.2 Å². The number of nitrogens with zero attached hydrogens (tertiary/aromatic N) is 3. The van der Waals surface area contributed by atoms with Gasteiger partial charge in [0.1, 0.15) is 0 Å². The first-order valence-corrected chi connectivity index (χ1v) is 11.9. The van der Waals surface area contributed by atoms with E-state index < -0.39 is 0 Å². The predicted molar refractivity (Wildman–Crippen MR) is 140 cm³/mol. The Labute approximate surface area is 207 Å². The molecule has 1 heterocycles. The minimum absolute atomic E-state index is 0.289. The second-order valence-corrected chi connectivity index (χ2v) is 8.17. The molecule has 0 radical (unpaired) electrons. The van der Waals surface area contributed by atoms with Crippen LogP contribution in [0.4, 0.5) is 5.69 Å². The van der Waals surface area contributed by atoms with E-state index in [0.29, 0.717) is 42.8 Å². The number of amides is 1. The summed E-state index contributed by atoms with van der Waals surface area (Å²) in [6.07, 6.45) is 0.720. The topological polar surface area (TPSA) is 89.8 Å². The lowest BCUT2D eigenvalue weighted by Crippen LogP contribution is -2.36. The number of aromatic nitrogens is 2. The summed E-state index contributed by atoms with van der Waals surface area (Å²) >= 11 is 0. The van der Waals surface area contributed by atoms with Gasteiger partial charge in [0.15, 0.2) is 11.5 Å². The quantitative estimate of drug-likeness (QED) is 0.348. The summed E-state index contributed by atoms with van der Waals surface area (Å²) in [6.45, 7) is 11.3. The van der Waals surface area contributed by atoms with Crippen LogP contribution in [0.5, 0.6) is 11.5 Å². The molecule has 35 heavy (non-hydrogen) atoms. The largest absolute Gasteiger partial charge is 0.490 e. The van der Waals surface area contributed by atoms with Crippen molar-refractivity contribution in [2.75, 3.05) is 25.1 Å². The highest BCUT2D eigenvalue weighted by Crippen LogP contribution is 2.28. The lowest BCUT2D eigenvalue weighted by molar-refractivity contribution is 0.0976. The molecule has 0 aliphatic heterocycles. The summed E-state index contributed by atoms with van der Waals surface area (Å²) in [4.78, 5) is 17.9. The van der Waals surface area contributed by atoms with Crippen LogP contribution in [0.25, 0.3) is 0 Å². The molecule has 8 nitrogen and oxygen atoms in total. The molecule has 0 aliphatic carbocycles. The number of benzene rings is 2. The number of anilines is 1. The van der Waals surface area contributed by atoms with Crippen LogP contribution in [0, 0.1) is 20.8 Å². The number of rotatable bonds is 9. The lowest BCUT2D eigenvalue weighted by atomic mass is 10.1. The Bertz CT molecular complexity index is 1200. The Kier molecular flexibility index (Phi) is 8.89. The number of nitrogens with one attached hydrogen (secondary N) is 2. The van der Waals surface area contributed by atoms with Crippen LogP contribution in [-0.2, 0) is 13.5 Å². The molecule has 2 N–H and O–H groups in total. The van der Waals surface area contributed by atoms with E-state index in [2.05, 4.69) is 22.7 Å². The maximum Gasteiger partial charge on any atom is 0.258 e. The zero-order chi connectivity index (χ0) is 25.4. The van der Waals surface area contributed by atoms with Crippen LogP contribution in [0.15, 0.2) is 47.5 Å². The highest BCUT2D eigenvalue weighted by Gasteiger charge is 2.15. The summed E-state index contributed by atoms with van der Waals surface area (Å²) in [7, 11) is 1.94. The Hall–Kier alpha value is -3.81. The van der Waals surface area contributed by atoms with Crippen LogP contribution in [0.3, 0.4) is 0 Å². The van der Waals surface area contributed by atoms with E-state index in [1.807, 2.05) is 63.7 Å². The number of carbonyl (C=O) groups excluding carboxylic acids is 1. The van der Waals surface area contributed by atoms with Gasteiger partial charge in [-0.3, -0.25) is 19.8 Å². The van der Waals surface area contributed by atoms with Gasteiger partial charge in [0.2, 0.25) is 5.96 Å². The number of aryl methyl sites for hydroxylation is 3. The molecular formula is C27H35N5O3. The van der Waals surface area contributed by atoms with E-state index in [4.69, 9.17) is 14.5 Å². The molecule has 186 valence electrons. The Morgan fingerprint density at radius 3 is 2.40 bits per heavy atom. The summed E-state index contributed by atoms with van der Waals surface area (Å²) < 4.78 is 13.2. The van der Waals surface area contributed by atoms with Crippen LogP contribution in [0.1, 0.15) is 46.7 Å². The summed E-state index contributed by atoms with van der Waals surface area (Å²) in [6, 6.07) is 13.0.